The largest absolute Gasteiger partial charge is 0.489 e. The van der Waals surface area contributed by atoms with E-state index < -0.39 is 0 Å². The van der Waals surface area contributed by atoms with E-state index in [1.165, 1.54) is 12.1 Å². The summed E-state index contributed by atoms with van der Waals surface area (Å²) in [7, 11) is 0. The minimum atomic E-state index is -0.268. The van der Waals surface area contributed by atoms with Gasteiger partial charge in [0.25, 0.3) is 0 Å². The van der Waals surface area contributed by atoms with Crippen molar-refractivity contribution in [2.24, 2.45) is 0 Å². The maximum atomic E-state index is 13.2. The van der Waals surface area contributed by atoms with Crippen LogP contribution in [0.3, 0.4) is 0 Å². The highest BCUT2D eigenvalue weighted by atomic mass is 19.1. The van der Waals surface area contributed by atoms with Crippen molar-refractivity contribution in [3.8, 4) is 28.0 Å². The third-order valence-electron chi connectivity index (χ3n) is 6.11. The van der Waals surface area contributed by atoms with Gasteiger partial charge in [0.15, 0.2) is 0 Å². The molecule has 0 spiro atoms. The normalized spacial score (nSPS) is 10.8. The summed E-state index contributed by atoms with van der Waals surface area (Å²) in [6.07, 6.45) is 0.155. The molecular formula is C31H30FNO3. The van der Waals surface area contributed by atoms with E-state index in [1.54, 1.807) is 12.1 Å². The highest BCUT2D eigenvalue weighted by molar-refractivity contribution is 5.90. The van der Waals surface area contributed by atoms with Crippen LogP contribution >= 0.6 is 0 Å². The van der Waals surface area contributed by atoms with Crippen molar-refractivity contribution in [2.45, 2.75) is 40.7 Å². The van der Waals surface area contributed by atoms with Crippen molar-refractivity contribution in [3.63, 3.8) is 0 Å². The summed E-state index contributed by atoms with van der Waals surface area (Å²) in [5.74, 6) is 0.177. The van der Waals surface area contributed by atoms with Crippen molar-refractivity contribution >= 4 is 5.97 Å². The second-order valence-electron chi connectivity index (χ2n) is 8.80. The van der Waals surface area contributed by atoms with Crippen molar-refractivity contribution in [1.29, 1.82) is 0 Å². The Kier molecular flexibility index (Phi) is 7.79. The fraction of sp³-hybridized carbons (Fsp3) is 0.226. The average molecular weight is 484 g/mol. The number of halogens is 1. The number of benzene rings is 3. The van der Waals surface area contributed by atoms with Crippen molar-refractivity contribution in [1.82, 2.24) is 4.98 Å². The third kappa shape index (κ3) is 5.80. The first kappa shape index (κ1) is 25.1. The number of hydrogen-bond donors (Lipinski definition) is 0. The molecule has 0 aliphatic heterocycles. The van der Waals surface area contributed by atoms with Crippen LogP contribution < -0.4 is 4.74 Å². The van der Waals surface area contributed by atoms with Crippen LogP contribution in [0, 0.1) is 26.6 Å². The molecule has 36 heavy (non-hydrogen) atoms. The quantitative estimate of drug-likeness (QED) is 0.249. The monoisotopic (exact) mass is 483 g/mol. The summed E-state index contributed by atoms with van der Waals surface area (Å²) < 4.78 is 24.3. The highest BCUT2D eigenvalue weighted by Gasteiger charge is 2.21. The van der Waals surface area contributed by atoms with Crippen LogP contribution in [-0.2, 0) is 22.6 Å². The molecule has 0 aliphatic carbocycles. The number of esters is 1. The molecule has 0 unspecified atom stereocenters. The Morgan fingerprint density at radius 1 is 0.806 bits per heavy atom. The van der Waals surface area contributed by atoms with Gasteiger partial charge in [-0.1, -0.05) is 54.1 Å². The second-order valence-corrected chi connectivity index (χ2v) is 8.80. The Labute approximate surface area is 211 Å². The zero-order valence-corrected chi connectivity index (χ0v) is 21.1. The SMILES string of the molecule is CCOC(=O)Cc1c(C)nc(C)c(-c2ccc(OCc3ccc(F)cc3)cc2)c1-c1ccc(C)cc1. The Hall–Kier alpha value is -3.99. The average Bonchev–Trinajstić information content (AvgIpc) is 2.86. The van der Waals surface area contributed by atoms with Gasteiger partial charge in [0.1, 0.15) is 18.2 Å². The van der Waals surface area contributed by atoms with Gasteiger partial charge in [-0.15, -0.1) is 0 Å². The Morgan fingerprint density at radius 2 is 1.42 bits per heavy atom. The lowest BCUT2D eigenvalue weighted by molar-refractivity contribution is -0.142. The molecule has 0 saturated carbocycles. The number of hydrogen-bond acceptors (Lipinski definition) is 4. The predicted octanol–water partition coefficient (Wildman–Crippen LogP) is 7.16. The van der Waals surface area contributed by atoms with Crippen LogP contribution in [0.4, 0.5) is 4.39 Å². The minimum Gasteiger partial charge on any atom is -0.489 e. The van der Waals surface area contributed by atoms with E-state index >= 15 is 0 Å². The standard InChI is InChI=1S/C31H30FNO3/c1-5-35-29(34)18-28-21(3)33-22(4)30(31(28)25-10-6-20(2)7-11-25)24-12-16-27(17-13-24)36-19-23-8-14-26(32)15-9-23/h6-17H,5,18-19H2,1-4H3. The maximum Gasteiger partial charge on any atom is 0.310 e. The number of carbonyl (C=O) groups excluding carboxylic acids is 1. The summed E-state index contributed by atoms with van der Waals surface area (Å²) in [4.78, 5) is 17.3. The molecule has 3 aromatic carbocycles. The smallest absolute Gasteiger partial charge is 0.310 e. The van der Waals surface area contributed by atoms with E-state index in [0.29, 0.717) is 19.0 Å². The lowest BCUT2D eigenvalue weighted by atomic mass is 9.87. The first-order valence-electron chi connectivity index (χ1n) is 12.1. The Bertz CT molecular complexity index is 1340. The third-order valence-corrected chi connectivity index (χ3v) is 6.11. The van der Waals surface area contributed by atoms with Gasteiger partial charge in [-0.25, -0.2) is 4.39 Å². The number of aromatic nitrogens is 1. The summed E-state index contributed by atoms with van der Waals surface area (Å²) in [6, 6.07) is 22.4. The van der Waals surface area contributed by atoms with E-state index in [-0.39, 0.29) is 18.2 Å². The molecule has 0 aliphatic rings. The van der Waals surface area contributed by atoms with Gasteiger partial charge < -0.3 is 9.47 Å². The summed E-state index contributed by atoms with van der Waals surface area (Å²) in [5.41, 5.74) is 8.61. The molecule has 0 amide bonds. The summed E-state index contributed by atoms with van der Waals surface area (Å²) in [6.45, 7) is 8.48. The summed E-state index contributed by atoms with van der Waals surface area (Å²) >= 11 is 0. The molecular weight excluding hydrogens is 453 g/mol. The molecule has 4 nitrogen and oxygen atoms in total. The molecule has 0 saturated heterocycles. The number of pyridine rings is 1. The molecule has 0 N–H and O–H groups in total. The van der Waals surface area contributed by atoms with E-state index in [1.807, 2.05) is 45.0 Å². The van der Waals surface area contributed by atoms with Gasteiger partial charge in [-0.2, -0.15) is 0 Å². The van der Waals surface area contributed by atoms with Crippen LogP contribution in [0.25, 0.3) is 22.3 Å². The first-order valence-corrected chi connectivity index (χ1v) is 12.1. The van der Waals surface area contributed by atoms with Crippen molar-refractivity contribution in [2.75, 3.05) is 6.61 Å². The maximum absolute atomic E-state index is 13.2. The van der Waals surface area contributed by atoms with Crippen LogP contribution in [-0.4, -0.2) is 17.6 Å². The molecule has 0 atom stereocenters. The molecule has 184 valence electrons. The van der Waals surface area contributed by atoms with Crippen LogP contribution in [0.2, 0.25) is 0 Å². The van der Waals surface area contributed by atoms with E-state index in [2.05, 4.69) is 31.2 Å². The fourth-order valence-electron chi connectivity index (χ4n) is 4.32. The topological polar surface area (TPSA) is 48.4 Å². The molecule has 4 aromatic rings. The number of rotatable bonds is 8. The first-order chi connectivity index (χ1) is 17.4. The Balaban J connectivity index is 1.73. The molecule has 1 heterocycles. The van der Waals surface area contributed by atoms with Gasteiger partial charge in [0.05, 0.1) is 13.0 Å². The van der Waals surface area contributed by atoms with Gasteiger partial charge in [0, 0.05) is 17.0 Å². The minimum absolute atomic E-state index is 0.155. The molecule has 4 rings (SSSR count). The van der Waals surface area contributed by atoms with Crippen LogP contribution in [0.5, 0.6) is 5.75 Å². The van der Waals surface area contributed by atoms with E-state index in [4.69, 9.17) is 14.5 Å². The van der Waals surface area contributed by atoms with Crippen LogP contribution in [0.1, 0.15) is 35.0 Å². The lowest BCUT2D eigenvalue weighted by Gasteiger charge is -2.20. The number of nitrogens with zero attached hydrogens (tertiary/aromatic N) is 1. The molecule has 1 aromatic heterocycles. The fourth-order valence-corrected chi connectivity index (χ4v) is 4.32. The molecule has 0 fully saturated rings. The Morgan fingerprint density at radius 3 is 2.06 bits per heavy atom. The van der Waals surface area contributed by atoms with E-state index in [9.17, 15) is 9.18 Å². The molecule has 0 bridgehead atoms. The summed E-state index contributed by atoms with van der Waals surface area (Å²) in [5, 5.41) is 0. The number of aryl methyl sites for hydroxylation is 3. The van der Waals surface area contributed by atoms with Crippen LogP contribution in [0.15, 0.2) is 72.8 Å². The van der Waals surface area contributed by atoms with Gasteiger partial charge in [0.2, 0.25) is 0 Å². The van der Waals surface area contributed by atoms with E-state index in [0.717, 1.165) is 50.3 Å². The van der Waals surface area contributed by atoms with Crippen molar-refractivity contribution < 1.29 is 18.7 Å². The van der Waals surface area contributed by atoms with Gasteiger partial charge >= 0.3 is 5.97 Å². The predicted molar refractivity (Wildman–Crippen MR) is 140 cm³/mol. The zero-order chi connectivity index (χ0) is 25.7. The molecule has 5 heteroatoms. The number of ether oxygens (including phenoxy) is 2. The zero-order valence-electron chi connectivity index (χ0n) is 21.1. The van der Waals surface area contributed by atoms with Gasteiger partial charge in [-0.05, 0) is 79.8 Å². The number of carbonyl (C=O) groups is 1. The molecule has 0 radical (unpaired) electrons. The van der Waals surface area contributed by atoms with Gasteiger partial charge in [-0.3, -0.25) is 9.78 Å². The second kappa shape index (κ2) is 11.2. The van der Waals surface area contributed by atoms with Crippen molar-refractivity contribution in [3.05, 3.63) is 107 Å². The highest BCUT2D eigenvalue weighted by Crippen LogP contribution is 2.39. The lowest BCUT2D eigenvalue weighted by Crippen LogP contribution is -2.12.